The number of halogens is 2. The van der Waals surface area contributed by atoms with Crippen molar-refractivity contribution in [1.29, 1.82) is 0 Å². The van der Waals surface area contributed by atoms with E-state index >= 15 is 0 Å². The maximum absolute atomic E-state index is 12.1. The number of ether oxygens (including phenoxy) is 1. The normalized spacial score (nSPS) is 10.2. The first kappa shape index (κ1) is 16.0. The molecule has 3 nitrogen and oxygen atoms in total. The average molecular weight is 413 g/mol. The summed E-state index contributed by atoms with van der Waals surface area (Å²) in [6.45, 7) is 0.591. The highest BCUT2D eigenvalue weighted by Crippen LogP contribution is 2.28. The number of hydrogen-bond acceptors (Lipinski definition) is 2. The number of carbonyl (C=O) groups excluding carboxylic acids is 1. The van der Waals surface area contributed by atoms with Crippen LogP contribution in [0.15, 0.2) is 57.5 Å². The van der Waals surface area contributed by atoms with Crippen molar-refractivity contribution in [3.63, 3.8) is 0 Å². The van der Waals surface area contributed by atoms with Crippen molar-refractivity contribution in [2.24, 2.45) is 0 Å². The van der Waals surface area contributed by atoms with E-state index in [9.17, 15) is 4.79 Å². The molecule has 21 heavy (non-hydrogen) atoms. The van der Waals surface area contributed by atoms with Crippen LogP contribution < -0.4 is 4.74 Å². The van der Waals surface area contributed by atoms with Crippen LogP contribution in [0.2, 0.25) is 0 Å². The second kappa shape index (κ2) is 7.61. The summed E-state index contributed by atoms with van der Waals surface area (Å²) in [5.41, 5.74) is 1.10. The van der Waals surface area contributed by atoms with Crippen LogP contribution in [0.5, 0.6) is 5.75 Å². The molecule has 0 saturated heterocycles. The third kappa shape index (κ3) is 4.86. The van der Waals surface area contributed by atoms with Gasteiger partial charge in [0.05, 0.1) is 4.47 Å². The molecule has 0 bridgehead atoms. The minimum Gasteiger partial charge on any atom is -0.483 e. The van der Waals surface area contributed by atoms with Crippen molar-refractivity contribution >= 4 is 37.8 Å². The van der Waals surface area contributed by atoms with Crippen LogP contribution in [0.25, 0.3) is 0 Å². The van der Waals surface area contributed by atoms with Crippen LogP contribution in [-0.2, 0) is 11.3 Å². The van der Waals surface area contributed by atoms with Gasteiger partial charge in [-0.25, -0.2) is 0 Å². The molecule has 0 N–H and O–H groups in total. The predicted molar refractivity (Wildman–Crippen MR) is 90.3 cm³/mol. The fourth-order valence-electron chi connectivity index (χ4n) is 1.79. The Labute approximate surface area is 141 Å². The van der Waals surface area contributed by atoms with Gasteiger partial charge in [-0.05, 0) is 39.7 Å². The van der Waals surface area contributed by atoms with E-state index in [-0.39, 0.29) is 12.5 Å². The largest absolute Gasteiger partial charge is 0.483 e. The Morgan fingerprint density at radius 2 is 1.86 bits per heavy atom. The van der Waals surface area contributed by atoms with Gasteiger partial charge >= 0.3 is 0 Å². The Morgan fingerprint density at radius 3 is 2.52 bits per heavy atom. The van der Waals surface area contributed by atoms with Gasteiger partial charge in [-0.3, -0.25) is 4.79 Å². The molecule has 110 valence electrons. The van der Waals surface area contributed by atoms with E-state index in [2.05, 4.69) is 31.9 Å². The number of carbonyl (C=O) groups is 1. The minimum absolute atomic E-state index is 0.0174. The van der Waals surface area contributed by atoms with Crippen LogP contribution in [0.1, 0.15) is 5.56 Å². The molecule has 0 aromatic heterocycles. The van der Waals surface area contributed by atoms with Gasteiger partial charge in [-0.15, -0.1) is 0 Å². The van der Waals surface area contributed by atoms with Gasteiger partial charge in [0, 0.05) is 18.1 Å². The molecule has 0 aliphatic carbocycles. The van der Waals surface area contributed by atoms with Gasteiger partial charge in [-0.2, -0.15) is 0 Å². The first-order chi connectivity index (χ1) is 10.1. The van der Waals surface area contributed by atoms with Gasteiger partial charge in [0.25, 0.3) is 5.91 Å². The van der Waals surface area contributed by atoms with Crippen LogP contribution in [0.4, 0.5) is 0 Å². The van der Waals surface area contributed by atoms with Gasteiger partial charge in [0.1, 0.15) is 5.75 Å². The number of nitrogens with zero attached hydrogens (tertiary/aromatic N) is 1. The highest BCUT2D eigenvalue weighted by Gasteiger charge is 2.11. The van der Waals surface area contributed by atoms with Gasteiger partial charge in [0.15, 0.2) is 6.61 Å². The van der Waals surface area contributed by atoms with Crippen molar-refractivity contribution in [3.8, 4) is 5.75 Å². The molecule has 0 heterocycles. The zero-order chi connectivity index (χ0) is 15.2. The lowest BCUT2D eigenvalue weighted by Gasteiger charge is -2.18. The summed E-state index contributed by atoms with van der Waals surface area (Å²) in [7, 11) is 1.77. The minimum atomic E-state index is -0.0614. The van der Waals surface area contributed by atoms with Crippen LogP contribution in [0.3, 0.4) is 0 Å². The molecule has 0 unspecified atom stereocenters. The third-order valence-corrected chi connectivity index (χ3v) is 4.05. The molecule has 0 saturated carbocycles. The number of rotatable bonds is 5. The topological polar surface area (TPSA) is 29.5 Å². The molecule has 0 fully saturated rings. The molecule has 0 aliphatic heterocycles. The van der Waals surface area contributed by atoms with Crippen molar-refractivity contribution in [2.75, 3.05) is 13.7 Å². The number of benzene rings is 2. The Balaban J connectivity index is 1.89. The van der Waals surface area contributed by atoms with E-state index in [0.29, 0.717) is 12.3 Å². The van der Waals surface area contributed by atoms with E-state index in [1.165, 1.54) is 0 Å². The number of amides is 1. The van der Waals surface area contributed by atoms with Crippen molar-refractivity contribution < 1.29 is 9.53 Å². The van der Waals surface area contributed by atoms with E-state index in [0.717, 1.165) is 14.5 Å². The van der Waals surface area contributed by atoms with Crippen LogP contribution >= 0.6 is 31.9 Å². The van der Waals surface area contributed by atoms with Crippen molar-refractivity contribution in [1.82, 2.24) is 4.90 Å². The average Bonchev–Trinajstić information content (AvgIpc) is 2.47. The second-order valence-electron chi connectivity index (χ2n) is 4.60. The monoisotopic (exact) mass is 411 g/mol. The summed E-state index contributed by atoms with van der Waals surface area (Å²) in [5.74, 6) is 0.591. The van der Waals surface area contributed by atoms with E-state index in [1.54, 1.807) is 11.9 Å². The molecule has 0 aliphatic rings. The maximum atomic E-state index is 12.1. The molecule has 0 atom stereocenters. The summed E-state index contributed by atoms with van der Waals surface area (Å²) in [6.07, 6.45) is 0. The Hall–Kier alpha value is -1.33. The molecular formula is C16H15Br2NO2. The molecule has 0 radical (unpaired) electrons. The Kier molecular flexibility index (Phi) is 5.82. The first-order valence-electron chi connectivity index (χ1n) is 6.42. The van der Waals surface area contributed by atoms with Crippen molar-refractivity contribution in [2.45, 2.75) is 6.54 Å². The summed E-state index contributed by atoms with van der Waals surface area (Å²) < 4.78 is 7.32. The molecule has 2 aromatic rings. The standard InChI is InChI=1S/C16H15Br2NO2/c1-19(10-12-5-3-2-4-6-12)16(20)11-21-15-8-7-13(17)9-14(15)18/h2-9H,10-11H2,1H3. The lowest BCUT2D eigenvalue weighted by Crippen LogP contribution is -2.30. The summed E-state index contributed by atoms with van der Waals surface area (Å²) in [6, 6.07) is 15.4. The summed E-state index contributed by atoms with van der Waals surface area (Å²) >= 11 is 6.78. The number of hydrogen-bond donors (Lipinski definition) is 0. The van der Waals surface area contributed by atoms with Crippen LogP contribution in [-0.4, -0.2) is 24.5 Å². The third-order valence-electron chi connectivity index (χ3n) is 2.93. The molecule has 5 heteroatoms. The zero-order valence-electron chi connectivity index (χ0n) is 11.6. The molecule has 2 rings (SSSR count). The lowest BCUT2D eigenvalue weighted by molar-refractivity contribution is -0.132. The first-order valence-corrected chi connectivity index (χ1v) is 8.00. The van der Waals surface area contributed by atoms with E-state index in [1.807, 2.05) is 48.5 Å². The van der Waals surface area contributed by atoms with E-state index < -0.39 is 0 Å². The SMILES string of the molecule is CN(Cc1ccccc1)C(=O)COc1ccc(Br)cc1Br. The van der Waals surface area contributed by atoms with Gasteiger partial charge in [0.2, 0.25) is 0 Å². The quantitative estimate of drug-likeness (QED) is 0.734. The highest BCUT2D eigenvalue weighted by molar-refractivity contribution is 9.11. The highest BCUT2D eigenvalue weighted by atomic mass is 79.9. The zero-order valence-corrected chi connectivity index (χ0v) is 14.7. The lowest BCUT2D eigenvalue weighted by atomic mass is 10.2. The van der Waals surface area contributed by atoms with Gasteiger partial charge < -0.3 is 9.64 Å². The number of likely N-dealkylation sites (N-methyl/N-ethyl adjacent to an activating group) is 1. The summed E-state index contributed by atoms with van der Waals surface area (Å²) in [5, 5.41) is 0. The van der Waals surface area contributed by atoms with Crippen molar-refractivity contribution in [3.05, 3.63) is 63.0 Å². The summed E-state index contributed by atoms with van der Waals surface area (Å²) in [4.78, 5) is 13.7. The smallest absolute Gasteiger partial charge is 0.260 e. The molecular weight excluding hydrogens is 398 g/mol. The Bertz CT molecular complexity index is 617. The van der Waals surface area contributed by atoms with E-state index in [4.69, 9.17) is 4.74 Å². The predicted octanol–water partition coefficient (Wildman–Crippen LogP) is 4.25. The fourth-order valence-corrected chi connectivity index (χ4v) is 2.95. The maximum Gasteiger partial charge on any atom is 0.260 e. The molecule has 1 amide bonds. The van der Waals surface area contributed by atoms with Gasteiger partial charge in [-0.1, -0.05) is 46.3 Å². The fraction of sp³-hybridized carbons (Fsp3) is 0.188. The Morgan fingerprint density at radius 1 is 1.14 bits per heavy atom. The second-order valence-corrected chi connectivity index (χ2v) is 6.37. The molecule has 2 aromatic carbocycles. The van der Waals surface area contributed by atoms with Crippen LogP contribution in [0, 0.1) is 0 Å². The molecule has 0 spiro atoms.